The molecule has 0 bridgehead atoms. The standard InChI is InChI=1S/C58H53N3O/c1-37(2)48-18-13-19-49(38(3)4)55(48)41-25-29-47(30-26-41)61-53-21-14-20-50(56(53)60-57(61)51-17-11-12-22-54(51)62)44-33-43(39-15-9-8-10-16-39)34-45(35-44)52-36-42(31-32-59-52)40-23-27-46(28-24-40)58(5,6)7/h8-38,62H,1-7H3/i5D3,6D3,7D3,37D,38D. The predicted molar refractivity (Wildman–Crippen MR) is 260 cm³/mol. The van der Waals surface area contributed by atoms with Gasteiger partial charge in [-0.25, -0.2) is 4.98 Å². The number of hydrogen-bond acceptors (Lipinski definition) is 3. The Morgan fingerprint density at radius 1 is 0.548 bits per heavy atom. The summed E-state index contributed by atoms with van der Waals surface area (Å²) in [4.78, 5) is 10.1. The average molecular weight is 819 g/mol. The van der Waals surface area contributed by atoms with Crippen LogP contribution in [0.1, 0.15) is 91.8 Å². The minimum atomic E-state index is -3.38. The molecule has 62 heavy (non-hydrogen) atoms. The van der Waals surface area contributed by atoms with Crippen molar-refractivity contribution in [3.63, 3.8) is 0 Å². The summed E-state index contributed by atoms with van der Waals surface area (Å²) in [6.45, 7) is -2.71. The number of rotatable bonds is 9. The van der Waals surface area contributed by atoms with Crippen molar-refractivity contribution in [2.75, 3.05) is 0 Å². The van der Waals surface area contributed by atoms with Gasteiger partial charge in [-0.3, -0.25) is 9.55 Å². The van der Waals surface area contributed by atoms with Crippen LogP contribution in [-0.2, 0) is 5.41 Å². The van der Waals surface area contributed by atoms with Crippen molar-refractivity contribution in [3.05, 3.63) is 193 Å². The largest absolute Gasteiger partial charge is 0.507 e. The molecule has 2 aromatic heterocycles. The molecular formula is C58H53N3O. The van der Waals surface area contributed by atoms with Gasteiger partial charge in [0.15, 0.2) is 0 Å². The van der Waals surface area contributed by atoms with Gasteiger partial charge in [0.1, 0.15) is 11.6 Å². The van der Waals surface area contributed by atoms with Gasteiger partial charge in [0.25, 0.3) is 0 Å². The quantitative estimate of drug-likeness (QED) is 0.158. The summed E-state index contributed by atoms with van der Waals surface area (Å²) in [6.07, 6.45) is 1.65. The molecule has 0 spiro atoms. The van der Waals surface area contributed by atoms with Crippen LogP contribution in [0.5, 0.6) is 5.75 Å². The number of benzene rings is 7. The number of fused-ring (bicyclic) bond motifs is 1. The summed E-state index contributed by atoms with van der Waals surface area (Å²) in [7, 11) is 0. The lowest BCUT2D eigenvalue weighted by atomic mass is 9.85. The highest BCUT2D eigenvalue weighted by Crippen LogP contribution is 2.41. The molecule has 0 radical (unpaired) electrons. The van der Waals surface area contributed by atoms with Crippen LogP contribution in [-0.4, -0.2) is 19.6 Å². The molecule has 0 amide bonds. The van der Waals surface area contributed by atoms with Crippen LogP contribution in [0, 0.1) is 0 Å². The van der Waals surface area contributed by atoms with Crippen molar-refractivity contribution in [1.29, 1.82) is 0 Å². The summed E-state index contributed by atoms with van der Waals surface area (Å²) < 4.78 is 93.8. The number of hydrogen-bond donors (Lipinski definition) is 1. The maximum absolute atomic E-state index is 11.4. The van der Waals surface area contributed by atoms with Crippen LogP contribution in [0.15, 0.2) is 176 Å². The van der Waals surface area contributed by atoms with Gasteiger partial charge < -0.3 is 5.11 Å². The van der Waals surface area contributed by atoms with Gasteiger partial charge in [-0.15, -0.1) is 0 Å². The van der Waals surface area contributed by atoms with Gasteiger partial charge in [0.2, 0.25) is 0 Å². The second kappa shape index (κ2) is 16.4. The molecule has 4 heteroatoms. The highest BCUT2D eigenvalue weighted by Gasteiger charge is 2.22. The molecule has 0 saturated heterocycles. The summed E-state index contributed by atoms with van der Waals surface area (Å²) in [6, 6.07) is 52.4. The molecule has 7 aromatic carbocycles. The van der Waals surface area contributed by atoms with Crippen molar-refractivity contribution < 1.29 is 20.2 Å². The number of nitrogens with zero attached hydrogens (tertiary/aromatic N) is 3. The van der Waals surface area contributed by atoms with E-state index in [-0.39, 0.29) is 11.3 Å². The lowest BCUT2D eigenvalue weighted by molar-refractivity contribution is 0.477. The first-order chi connectivity index (χ1) is 34.3. The third kappa shape index (κ3) is 7.74. The fraction of sp³-hybridized carbons (Fsp3) is 0.172. The van der Waals surface area contributed by atoms with Crippen LogP contribution in [0.25, 0.3) is 83.9 Å². The topological polar surface area (TPSA) is 50.9 Å². The first-order valence-electron chi connectivity index (χ1n) is 26.1. The van der Waals surface area contributed by atoms with Crippen LogP contribution in [0.4, 0.5) is 0 Å². The number of phenolic OH excluding ortho intramolecular Hbond substituents is 1. The Kier molecular flexibility index (Phi) is 7.76. The van der Waals surface area contributed by atoms with Gasteiger partial charge in [-0.1, -0.05) is 157 Å². The SMILES string of the molecule is [2H]C(C)(C)c1cccc(C([2H])(C)C)c1-c1ccc(-n2c(-c3ccccc3O)nc3c(-c4cc(-c5ccccc5)cc(-c5cc(-c6ccc(C(C([2H])([2H])[2H])(C([2H])([2H])[2H])C([2H])([2H])[2H])cc6)ccn5)c4)cccc32)cc1. The fourth-order valence-electron chi connectivity index (χ4n) is 8.32. The van der Waals surface area contributed by atoms with Crippen molar-refractivity contribution in [2.24, 2.45) is 0 Å². The maximum Gasteiger partial charge on any atom is 0.149 e. The molecule has 0 aliphatic carbocycles. The monoisotopic (exact) mass is 818 g/mol. The molecule has 0 saturated carbocycles. The lowest BCUT2D eigenvalue weighted by Gasteiger charge is -2.20. The van der Waals surface area contributed by atoms with Gasteiger partial charge in [0.05, 0.1) is 22.3 Å². The van der Waals surface area contributed by atoms with E-state index in [2.05, 4.69) is 6.07 Å². The minimum Gasteiger partial charge on any atom is -0.507 e. The molecule has 9 aromatic rings. The molecule has 9 rings (SSSR count). The van der Waals surface area contributed by atoms with E-state index in [4.69, 9.17) is 25.0 Å². The molecule has 0 aliphatic heterocycles. The lowest BCUT2D eigenvalue weighted by Crippen LogP contribution is -2.10. The normalized spacial score (nSPS) is 15.4. The van der Waals surface area contributed by atoms with Crippen LogP contribution >= 0.6 is 0 Å². The maximum atomic E-state index is 11.4. The zero-order chi connectivity index (χ0) is 52.5. The predicted octanol–water partition coefficient (Wildman–Crippen LogP) is 15.7. The molecule has 1 N–H and O–H groups in total. The van der Waals surface area contributed by atoms with Crippen molar-refractivity contribution in [3.8, 4) is 78.6 Å². The Labute approximate surface area is 381 Å². The van der Waals surface area contributed by atoms with Crippen molar-refractivity contribution >= 4 is 11.0 Å². The number of aromatic nitrogens is 3. The average Bonchev–Trinajstić information content (AvgIpc) is 3.72. The number of para-hydroxylation sites is 2. The minimum absolute atomic E-state index is 0.0614. The summed E-state index contributed by atoms with van der Waals surface area (Å²) >= 11 is 0. The number of phenols is 1. The van der Waals surface area contributed by atoms with Crippen molar-refractivity contribution in [2.45, 2.75) is 65.5 Å². The molecular weight excluding hydrogens is 755 g/mol. The second-order valence-electron chi connectivity index (χ2n) is 16.2. The first kappa shape index (κ1) is 29.3. The van der Waals surface area contributed by atoms with Crippen LogP contribution in [0.3, 0.4) is 0 Å². The number of aromatic hydroxyl groups is 1. The van der Waals surface area contributed by atoms with E-state index >= 15 is 0 Å². The van der Waals surface area contributed by atoms with E-state index in [1.807, 2.05) is 154 Å². The second-order valence-corrected chi connectivity index (χ2v) is 16.2. The molecule has 0 fully saturated rings. The van der Waals surface area contributed by atoms with E-state index in [0.717, 1.165) is 61.3 Å². The molecule has 2 heterocycles. The van der Waals surface area contributed by atoms with E-state index in [9.17, 15) is 5.11 Å². The number of pyridine rings is 1. The fourth-order valence-corrected chi connectivity index (χ4v) is 8.32. The van der Waals surface area contributed by atoms with Gasteiger partial charge in [-0.2, -0.15) is 0 Å². The first-order valence-corrected chi connectivity index (χ1v) is 20.6. The molecule has 306 valence electrons. The summed E-state index contributed by atoms with van der Waals surface area (Å²) in [5, 5.41) is 11.4. The Morgan fingerprint density at radius 3 is 1.85 bits per heavy atom. The Hall–Kier alpha value is -7.04. The van der Waals surface area contributed by atoms with Crippen molar-refractivity contribution in [1.82, 2.24) is 14.5 Å². The third-order valence-electron chi connectivity index (χ3n) is 11.4. The molecule has 0 unspecified atom stereocenters. The van der Waals surface area contributed by atoms with Gasteiger partial charge in [0, 0.05) is 38.1 Å². The zero-order valence-corrected chi connectivity index (χ0v) is 35.0. The van der Waals surface area contributed by atoms with Gasteiger partial charge in [-0.05, 0) is 134 Å². The molecule has 0 aliphatic rings. The Balaban J connectivity index is 1.19. The zero-order valence-electron chi connectivity index (χ0n) is 46.0. The third-order valence-corrected chi connectivity index (χ3v) is 11.4. The molecule has 4 nitrogen and oxygen atoms in total. The van der Waals surface area contributed by atoms with E-state index < -0.39 is 37.8 Å². The summed E-state index contributed by atoms with van der Waals surface area (Å²) in [5.74, 6) is -1.28. The van der Waals surface area contributed by atoms with E-state index in [1.54, 1.807) is 24.4 Å². The van der Waals surface area contributed by atoms with Gasteiger partial charge >= 0.3 is 0 Å². The Bertz CT molecular complexity index is 3420. The highest BCUT2D eigenvalue weighted by molar-refractivity contribution is 5.97. The van der Waals surface area contributed by atoms with E-state index in [1.165, 1.54) is 24.3 Å². The number of imidazole rings is 1. The highest BCUT2D eigenvalue weighted by atomic mass is 16.3. The Morgan fingerprint density at radius 2 is 1.16 bits per heavy atom. The summed E-state index contributed by atoms with van der Waals surface area (Å²) in [5.41, 5.74) is 8.82. The van der Waals surface area contributed by atoms with Crippen LogP contribution < -0.4 is 0 Å². The molecule has 0 atom stereocenters. The van der Waals surface area contributed by atoms with E-state index in [0.29, 0.717) is 33.7 Å². The smallest absolute Gasteiger partial charge is 0.149 e. The van der Waals surface area contributed by atoms with Crippen LogP contribution in [0.2, 0.25) is 0 Å².